The van der Waals surface area contributed by atoms with Gasteiger partial charge in [0.05, 0.1) is 11.9 Å². The summed E-state index contributed by atoms with van der Waals surface area (Å²) in [7, 11) is 0. The molecule has 1 fully saturated rings. The molecular weight excluding hydrogens is 439 g/mol. The smallest absolute Gasteiger partial charge is 0.351 e. The van der Waals surface area contributed by atoms with Crippen molar-refractivity contribution in [3.8, 4) is 5.69 Å². The van der Waals surface area contributed by atoms with Crippen molar-refractivity contribution in [3.63, 3.8) is 0 Å². The highest BCUT2D eigenvalue weighted by Gasteiger charge is 2.31. The number of halogens is 3. The second-order valence-electron chi connectivity index (χ2n) is 8.49. The summed E-state index contributed by atoms with van der Waals surface area (Å²) in [6, 6.07) is 10.9. The molecule has 0 unspecified atom stereocenters. The summed E-state index contributed by atoms with van der Waals surface area (Å²) in [4.78, 5) is 12.6. The summed E-state index contributed by atoms with van der Waals surface area (Å²) in [5.41, 5.74) is 3.52. The van der Waals surface area contributed by atoms with Gasteiger partial charge in [-0.3, -0.25) is 4.90 Å². The van der Waals surface area contributed by atoms with Crippen molar-refractivity contribution in [1.82, 2.24) is 19.4 Å². The second-order valence-corrected chi connectivity index (χ2v) is 8.49. The van der Waals surface area contributed by atoms with Gasteiger partial charge in [0.25, 0.3) is 0 Å². The summed E-state index contributed by atoms with van der Waals surface area (Å²) in [5.74, 6) is 0.578. The number of pyridine rings is 1. The van der Waals surface area contributed by atoms with Gasteiger partial charge in [0.2, 0.25) is 0 Å². The highest BCUT2D eigenvalue weighted by atomic mass is 19.4. The minimum absolute atomic E-state index is 0.124. The lowest BCUT2D eigenvalue weighted by molar-refractivity contribution is -0.137. The van der Waals surface area contributed by atoms with Crippen LogP contribution >= 0.6 is 0 Å². The summed E-state index contributed by atoms with van der Waals surface area (Å²) < 4.78 is 40.5. The van der Waals surface area contributed by atoms with Crippen LogP contribution in [0.15, 0.2) is 79.5 Å². The number of hydrogen-bond donors (Lipinski definition) is 0. The lowest BCUT2D eigenvalue weighted by atomic mass is 9.98. The first-order chi connectivity index (χ1) is 16.3. The molecule has 3 heterocycles. The van der Waals surface area contributed by atoms with Crippen molar-refractivity contribution in [2.45, 2.75) is 26.1 Å². The number of nitrogens with zero attached hydrogens (tertiary/aromatic N) is 5. The predicted octanol–water partition coefficient (Wildman–Crippen LogP) is 5.46. The van der Waals surface area contributed by atoms with E-state index in [4.69, 9.17) is 0 Å². The van der Waals surface area contributed by atoms with Crippen molar-refractivity contribution < 1.29 is 13.2 Å². The van der Waals surface area contributed by atoms with Gasteiger partial charge in [-0.2, -0.15) is 13.2 Å². The molecule has 0 spiro atoms. The first-order valence-electron chi connectivity index (χ1n) is 11.2. The van der Waals surface area contributed by atoms with Gasteiger partial charge in [0.1, 0.15) is 5.82 Å². The SMILES string of the molecule is C=C(/C(=C\C)CN1CCN(c2ccc(C(F)(F)F)cn2)[C@H](C)C1)c1ccc(-n2ccnc2)cc1. The summed E-state index contributed by atoms with van der Waals surface area (Å²) in [6.45, 7) is 11.5. The highest BCUT2D eigenvalue weighted by Crippen LogP contribution is 2.30. The van der Waals surface area contributed by atoms with Gasteiger partial charge in [0.15, 0.2) is 0 Å². The molecule has 0 radical (unpaired) electrons. The van der Waals surface area contributed by atoms with Crippen LogP contribution in [0.3, 0.4) is 0 Å². The largest absolute Gasteiger partial charge is 0.417 e. The van der Waals surface area contributed by atoms with E-state index in [1.165, 1.54) is 6.07 Å². The van der Waals surface area contributed by atoms with Crippen molar-refractivity contribution in [1.29, 1.82) is 0 Å². The Morgan fingerprint density at radius 2 is 1.91 bits per heavy atom. The molecule has 0 bridgehead atoms. The normalized spacial score (nSPS) is 17.7. The number of imidazole rings is 1. The Bertz CT molecular complexity index is 1130. The Balaban J connectivity index is 1.37. The summed E-state index contributed by atoms with van der Waals surface area (Å²) in [5, 5.41) is 0. The van der Waals surface area contributed by atoms with Crippen LogP contribution in [0.5, 0.6) is 0 Å². The number of alkyl halides is 3. The average Bonchev–Trinajstić information content (AvgIpc) is 3.37. The molecule has 0 amide bonds. The Kier molecular flexibility index (Phi) is 6.88. The van der Waals surface area contributed by atoms with Crippen molar-refractivity contribution >= 4 is 11.4 Å². The number of piperazine rings is 1. The van der Waals surface area contributed by atoms with Crippen LogP contribution in [0.25, 0.3) is 11.3 Å². The molecule has 0 N–H and O–H groups in total. The Morgan fingerprint density at radius 3 is 2.47 bits per heavy atom. The zero-order valence-electron chi connectivity index (χ0n) is 19.3. The van der Waals surface area contributed by atoms with Crippen molar-refractivity contribution in [3.05, 3.63) is 90.7 Å². The van der Waals surface area contributed by atoms with E-state index in [1.807, 2.05) is 29.8 Å². The molecular formula is C26H28F3N5. The molecule has 2 aromatic heterocycles. The van der Waals surface area contributed by atoms with E-state index < -0.39 is 11.7 Å². The number of allylic oxidation sites excluding steroid dienone is 1. The average molecular weight is 468 g/mol. The Hall–Kier alpha value is -3.39. The van der Waals surface area contributed by atoms with Crippen LogP contribution in [0.1, 0.15) is 25.0 Å². The minimum Gasteiger partial charge on any atom is -0.351 e. The third kappa shape index (κ3) is 5.22. The first-order valence-corrected chi connectivity index (χ1v) is 11.2. The van der Waals surface area contributed by atoms with E-state index in [1.54, 1.807) is 12.5 Å². The highest BCUT2D eigenvalue weighted by molar-refractivity contribution is 5.78. The molecule has 0 saturated carbocycles. The van der Waals surface area contributed by atoms with Gasteiger partial charge >= 0.3 is 6.18 Å². The van der Waals surface area contributed by atoms with Crippen LogP contribution in [-0.4, -0.2) is 51.7 Å². The first kappa shape index (κ1) is 23.8. The fraction of sp³-hybridized carbons (Fsp3) is 0.308. The van der Waals surface area contributed by atoms with E-state index in [9.17, 15) is 13.2 Å². The third-order valence-electron chi connectivity index (χ3n) is 6.23. The van der Waals surface area contributed by atoms with Gasteiger partial charge in [-0.1, -0.05) is 24.8 Å². The van der Waals surface area contributed by atoms with E-state index in [2.05, 4.69) is 51.5 Å². The van der Waals surface area contributed by atoms with Gasteiger partial charge < -0.3 is 9.47 Å². The van der Waals surface area contributed by atoms with Crippen LogP contribution < -0.4 is 4.90 Å². The monoisotopic (exact) mass is 467 g/mol. The number of rotatable bonds is 6. The van der Waals surface area contributed by atoms with Crippen LogP contribution in [-0.2, 0) is 6.18 Å². The third-order valence-corrected chi connectivity index (χ3v) is 6.23. The minimum atomic E-state index is -4.37. The van der Waals surface area contributed by atoms with Gasteiger partial charge in [-0.25, -0.2) is 9.97 Å². The van der Waals surface area contributed by atoms with E-state index in [-0.39, 0.29) is 6.04 Å². The van der Waals surface area contributed by atoms with Crippen LogP contribution in [0.2, 0.25) is 0 Å². The van der Waals surface area contributed by atoms with Gasteiger partial charge in [0, 0.05) is 56.5 Å². The second kappa shape index (κ2) is 9.85. The molecule has 8 heteroatoms. The van der Waals surface area contributed by atoms with Crippen LogP contribution in [0.4, 0.5) is 19.0 Å². The Labute approximate surface area is 197 Å². The molecule has 34 heavy (non-hydrogen) atoms. The van der Waals surface area contributed by atoms with Crippen molar-refractivity contribution in [2.24, 2.45) is 0 Å². The molecule has 5 nitrogen and oxygen atoms in total. The molecule has 0 aliphatic carbocycles. The molecule has 178 valence electrons. The summed E-state index contributed by atoms with van der Waals surface area (Å²) in [6.07, 6.45) is 4.06. The zero-order valence-corrected chi connectivity index (χ0v) is 19.3. The quantitative estimate of drug-likeness (QED) is 0.452. The fourth-order valence-electron chi connectivity index (χ4n) is 4.27. The molecule has 1 atom stereocenters. The standard InChI is InChI=1S/C26H28F3N5/c1-4-21(20(3)22-5-8-24(9-6-22)33-12-11-30-18-33)17-32-13-14-34(19(2)16-32)25-10-7-23(15-31-25)26(27,28)29/h4-12,15,18-19H,3,13-14,16-17H2,1-2H3/b21-4-/t19-/m1/s1. The van der Waals surface area contributed by atoms with Gasteiger partial charge in [-0.15, -0.1) is 0 Å². The number of benzene rings is 1. The fourth-order valence-corrected chi connectivity index (χ4v) is 4.27. The van der Waals surface area contributed by atoms with Crippen LogP contribution in [0, 0.1) is 0 Å². The van der Waals surface area contributed by atoms with E-state index in [0.717, 1.165) is 54.3 Å². The van der Waals surface area contributed by atoms with Gasteiger partial charge in [-0.05, 0) is 54.8 Å². The molecule has 4 rings (SSSR count). The maximum Gasteiger partial charge on any atom is 0.417 e. The maximum atomic E-state index is 12.8. The Morgan fingerprint density at radius 1 is 1.15 bits per heavy atom. The molecule has 1 aliphatic heterocycles. The molecule has 1 saturated heterocycles. The molecule has 1 aromatic carbocycles. The molecule has 3 aromatic rings. The summed E-state index contributed by atoms with van der Waals surface area (Å²) >= 11 is 0. The topological polar surface area (TPSA) is 37.2 Å². The van der Waals surface area contributed by atoms with E-state index in [0.29, 0.717) is 12.4 Å². The maximum absolute atomic E-state index is 12.8. The lowest BCUT2D eigenvalue weighted by Gasteiger charge is -2.41. The zero-order chi connectivity index (χ0) is 24.3. The number of anilines is 1. The predicted molar refractivity (Wildman–Crippen MR) is 129 cm³/mol. The number of aromatic nitrogens is 3. The lowest BCUT2D eigenvalue weighted by Crippen LogP contribution is -2.52. The van der Waals surface area contributed by atoms with E-state index >= 15 is 0 Å². The van der Waals surface area contributed by atoms with Crippen molar-refractivity contribution in [2.75, 3.05) is 31.1 Å². The molecule has 1 aliphatic rings. The number of hydrogen-bond acceptors (Lipinski definition) is 4.